The van der Waals surface area contributed by atoms with Crippen molar-refractivity contribution in [2.75, 3.05) is 26.4 Å². The zero-order valence-electron chi connectivity index (χ0n) is 9.85. The highest BCUT2D eigenvalue weighted by Crippen LogP contribution is 2.11. The summed E-state index contributed by atoms with van der Waals surface area (Å²) < 4.78 is 5.40. The van der Waals surface area contributed by atoms with Crippen LogP contribution in [0.15, 0.2) is 0 Å². The van der Waals surface area contributed by atoms with Gasteiger partial charge in [-0.3, -0.25) is 0 Å². The van der Waals surface area contributed by atoms with E-state index in [-0.39, 0.29) is 25.9 Å². The number of hydrogen-bond donors (Lipinski definition) is 3. The monoisotopic (exact) mass is 221 g/mol. The van der Waals surface area contributed by atoms with Crippen molar-refractivity contribution in [1.82, 2.24) is 0 Å². The fourth-order valence-corrected chi connectivity index (χ4v) is 1.01. The molecule has 3 N–H and O–H groups in total. The Balaban J connectivity index is 0. The average molecular weight is 221 g/mol. The molecule has 4 heteroatoms. The Morgan fingerprint density at radius 1 is 1.07 bits per heavy atom. The van der Waals surface area contributed by atoms with Crippen molar-refractivity contribution in [2.24, 2.45) is 5.92 Å². The Kier molecular flexibility index (Phi) is 15.9. The van der Waals surface area contributed by atoms with Crippen molar-refractivity contribution in [2.45, 2.75) is 32.8 Å². The SMILES string of the molecule is OCCO.[CH2]CCC(OCCO)C(C)C. The molecule has 0 aromatic rings. The summed E-state index contributed by atoms with van der Waals surface area (Å²) in [6, 6.07) is 0. The van der Waals surface area contributed by atoms with Crippen molar-refractivity contribution >= 4 is 0 Å². The molecule has 0 aliphatic carbocycles. The van der Waals surface area contributed by atoms with E-state index in [1.54, 1.807) is 0 Å². The van der Waals surface area contributed by atoms with Crippen LogP contribution in [-0.4, -0.2) is 47.9 Å². The first-order chi connectivity index (χ1) is 7.13. The molecule has 0 spiro atoms. The molecule has 0 aliphatic heterocycles. The molecule has 15 heavy (non-hydrogen) atoms. The van der Waals surface area contributed by atoms with E-state index < -0.39 is 0 Å². The van der Waals surface area contributed by atoms with E-state index in [9.17, 15) is 0 Å². The maximum Gasteiger partial charge on any atom is 0.0701 e. The van der Waals surface area contributed by atoms with Gasteiger partial charge in [-0.2, -0.15) is 0 Å². The highest BCUT2D eigenvalue weighted by Gasteiger charge is 2.11. The van der Waals surface area contributed by atoms with Gasteiger partial charge >= 0.3 is 0 Å². The summed E-state index contributed by atoms with van der Waals surface area (Å²) in [6.07, 6.45) is 2.14. The summed E-state index contributed by atoms with van der Waals surface area (Å²) in [6.45, 7) is 8.33. The Bertz CT molecular complexity index is 105. The molecule has 1 atom stereocenters. The molecule has 93 valence electrons. The van der Waals surface area contributed by atoms with E-state index in [1.807, 2.05) is 0 Å². The largest absolute Gasteiger partial charge is 0.394 e. The molecular weight excluding hydrogens is 196 g/mol. The van der Waals surface area contributed by atoms with E-state index in [0.29, 0.717) is 12.5 Å². The van der Waals surface area contributed by atoms with Gasteiger partial charge in [0.1, 0.15) is 0 Å². The van der Waals surface area contributed by atoms with Crippen molar-refractivity contribution < 1.29 is 20.1 Å². The minimum Gasteiger partial charge on any atom is -0.394 e. The minimum absolute atomic E-state index is 0.111. The Hall–Kier alpha value is -0.160. The highest BCUT2D eigenvalue weighted by atomic mass is 16.5. The summed E-state index contributed by atoms with van der Waals surface area (Å²) in [7, 11) is 0. The van der Waals surface area contributed by atoms with E-state index in [2.05, 4.69) is 20.8 Å². The fraction of sp³-hybridized carbons (Fsp3) is 0.909. The molecule has 0 aromatic carbocycles. The van der Waals surface area contributed by atoms with E-state index in [0.717, 1.165) is 12.8 Å². The molecule has 0 aliphatic rings. The average Bonchev–Trinajstić information content (AvgIpc) is 2.24. The van der Waals surface area contributed by atoms with Gasteiger partial charge in [0, 0.05) is 0 Å². The van der Waals surface area contributed by atoms with Gasteiger partial charge in [0.15, 0.2) is 0 Å². The second-order valence-corrected chi connectivity index (χ2v) is 3.47. The number of rotatable bonds is 7. The van der Waals surface area contributed by atoms with E-state index in [1.165, 1.54) is 0 Å². The quantitative estimate of drug-likeness (QED) is 0.589. The van der Waals surface area contributed by atoms with Gasteiger partial charge in [-0.05, 0) is 12.3 Å². The first-order valence-electron chi connectivity index (χ1n) is 5.37. The third-order valence-electron chi connectivity index (χ3n) is 1.76. The van der Waals surface area contributed by atoms with Gasteiger partial charge < -0.3 is 20.1 Å². The standard InChI is InChI=1S/C9H19O2.C2H6O2/c1-4-5-9(8(2)3)11-7-6-10;3-1-2-4/h8-10H,1,4-7H2,2-3H3;3-4H,1-2H2. The molecule has 0 saturated carbocycles. The predicted octanol–water partition coefficient (Wildman–Crippen LogP) is 0.605. The second kappa shape index (κ2) is 13.8. The smallest absolute Gasteiger partial charge is 0.0701 e. The lowest BCUT2D eigenvalue weighted by Crippen LogP contribution is -2.21. The maximum atomic E-state index is 8.52. The van der Waals surface area contributed by atoms with Crippen LogP contribution >= 0.6 is 0 Å². The molecule has 4 nitrogen and oxygen atoms in total. The van der Waals surface area contributed by atoms with Gasteiger partial charge in [-0.25, -0.2) is 0 Å². The number of hydrogen-bond acceptors (Lipinski definition) is 4. The number of ether oxygens (including phenoxy) is 1. The van der Waals surface area contributed by atoms with Gasteiger partial charge in [-0.15, -0.1) is 0 Å². The highest BCUT2D eigenvalue weighted by molar-refractivity contribution is 4.62. The molecule has 0 heterocycles. The van der Waals surface area contributed by atoms with Crippen LogP contribution in [0.2, 0.25) is 0 Å². The zero-order valence-corrected chi connectivity index (χ0v) is 9.85. The maximum absolute atomic E-state index is 8.52. The van der Waals surface area contributed by atoms with Crippen LogP contribution in [0.3, 0.4) is 0 Å². The summed E-state index contributed by atoms with van der Waals surface area (Å²) in [5.41, 5.74) is 0. The first-order valence-corrected chi connectivity index (χ1v) is 5.37. The Morgan fingerprint density at radius 3 is 1.87 bits per heavy atom. The molecule has 0 fully saturated rings. The van der Waals surface area contributed by atoms with Crippen LogP contribution in [0.5, 0.6) is 0 Å². The summed E-state index contributed by atoms with van der Waals surface area (Å²) in [5, 5.41) is 23.8. The lowest BCUT2D eigenvalue weighted by Gasteiger charge is -2.20. The topological polar surface area (TPSA) is 69.9 Å². The fourth-order valence-electron chi connectivity index (χ4n) is 1.01. The van der Waals surface area contributed by atoms with Crippen molar-refractivity contribution in [3.63, 3.8) is 0 Å². The van der Waals surface area contributed by atoms with Gasteiger partial charge in [0.25, 0.3) is 0 Å². The van der Waals surface area contributed by atoms with Crippen molar-refractivity contribution in [1.29, 1.82) is 0 Å². The van der Waals surface area contributed by atoms with Crippen LogP contribution in [0.4, 0.5) is 0 Å². The third-order valence-corrected chi connectivity index (χ3v) is 1.76. The zero-order chi connectivity index (χ0) is 12.1. The van der Waals surface area contributed by atoms with Crippen LogP contribution in [0.1, 0.15) is 26.7 Å². The second-order valence-electron chi connectivity index (χ2n) is 3.47. The summed E-state index contributed by atoms with van der Waals surface area (Å²) in [5.74, 6) is 0.517. The van der Waals surface area contributed by atoms with Crippen LogP contribution < -0.4 is 0 Å². The number of aliphatic hydroxyl groups is 3. The van der Waals surface area contributed by atoms with Crippen molar-refractivity contribution in [3.05, 3.63) is 6.92 Å². The van der Waals surface area contributed by atoms with Crippen LogP contribution in [0.25, 0.3) is 0 Å². The Labute approximate surface area is 92.9 Å². The molecule has 0 aromatic heterocycles. The van der Waals surface area contributed by atoms with E-state index >= 15 is 0 Å². The number of aliphatic hydroxyl groups excluding tert-OH is 3. The molecule has 1 radical (unpaired) electrons. The molecule has 0 saturated heterocycles. The van der Waals surface area contributed by atoms with E-state index in [4.69, 9.17) is 20.1 Å². The van der Waals surface area contributed by atoms with Crippen molar-refractivity contribution in [3.8, 4) is 0 Å². The minimum atomic E-state index is -0.125. The lowest BCUT2D eigenvalue weighted by molar-refractivity contribution is -0.000945. The van der Waals surface area contributed by atoms with Gasteiger partial charge in [0.2, 0.25) is 0 Å². The molecule has 0 amide bonds. The third kappa shape index (κ3) is 13.8. The Morgan fingerprint density at radius 2 is 1.60 bits per heavy atom. The van der Waals surface area contributed by atoms with Gasteiger partial charge in [-0.1, -0.05) is 27.2 Å². The van der Waals surface area contributed by atoms with Gasteiger partial charge in [0.05, 0.1) is 32.5 Å². The lowest BCUT2D eigenvalue weighted by atomic mass is 10.0. The summed E-state index contributed by atoms with van der Waals surface area (Å²) >= 11 is 0. The van der Waals surface area contributed by atoms with Crippen LogP contribution in [0, 0.1) is 12.8 Å². The van der Waals surface area contributed by atoms with Crippen LogP contribution in [-0.2, 0) is 4.74 Å². The molecule has 0 bridgehead atoms. The first kappa shape index (κ1) is 17.2. The molecular formula is C11H25O4. The molecule has 0 rings (SSSR count). The summed E-state index contributed by atoms with van der Waals surface area (Å²) in [4.78, 5) is 0. The predicted molar refractivity (Wildman–Crippen MR) is 60.4 cm³/mol. The molecule has 1 unspecified atom stereocenters. The normalized spacial score (nSPS) is 12.2.